The van der Waals surface area contributed by atoms with Crippen LogP contribution in [-0.2, 0) is 6.42 Å². The van der Waals surface area contributed by atoms with Crippen molar-refractivity contribution in [2.75, 3.05) is 0 Å². The van der Waals surface area contributed by atoms with Gasteiger partial charge >= 0.3 is 0 Å². The number of unbranched alkanes of at least 4 members (excludes halogenated alkanes) is 2. The third-order valence-electron chi connectivity index (χ3n) is 7.90. The van der Waals surface area contributed by atoms with Crippen LogP contribution in [0, 0.1) is 17.8 Å². The molecule has 0 nitrogen and oxygen atoms in total. The standard InChI is InChI=1S/C27H44/c1-3-5-6-7-23-8-10-24(11-9-23)12-13-25-16-20-27(21-17-25)26-18-14-22(4-2)15-19-26/h16-17,20-24,26H,3-15,18-19H2,1-2H3. The molecule has 0 spiro atoms. The monoisotopic (exact) mass is 368 g/mol. The van der Waals surface area contributed by atoms with Gasteiger partial charge in [0.15, 0.2) is 0 Å². The van der Waals surface area contributed by atoms with Crippen molar-refractivity contribution in [1.29, 1.82) is 0 Å². The lowest BCUT2D eigenvalue weighted by atomic mass is 9.77. The van der Waals surface area contributed by atoms with Crippen LogP contribution < -0.4 is 0 Å². The van der Waals surface area contributed by atoms with Crippen LogP contribution in [-0.4, -0.2) is 0 Å². The van der Waals surface area contributed by atoms with E-state index >= 15 is 0 Å². The van der Waals surface area contributed by atoms with Gasteiger partial charge in [0.2, 0.25) is 0 Å². The van der Waals surface area contributed by atoms with Crippen LogP contribution in [0.5, 0.6) is 0 Å². The number of benzene rings is 1. The third-order valence-corrected chi connectivity index (χ3v) is 7.90. The van der Waals surface area contributed by atoms with Gasteiger partial charge in [-0.2, -0.15) is 0 Å². The van der Waals surface area contributed by atoms with Crippen LogP contribution >= 0.6 is 0 Å². The summed E-state index contributed by atoms with van der Waals surface area (Å²) in [6, 6.07) is 9.79. The van der Waals surface area contributed by atoms with Crippen molar-refractivity contribution in [1.82, 2.24) is 0 Å². The first-order valence-electron chi connectivity index (χ1n) is 12.4. The first kappa shape index (κ1) is 20.9. The minimum absolute atomic E-state index is 0.838. The Bertz CT molecular complexity index is 497. The molecule has 0 amide bonds. The second-order valence-electron chi connectivity index (χ2n) is 9.79. The highest BCUT2D eigenvalue weighted by Crippen LogP contribution is 2.37. The molecular formula is C27H44. The molecule has 0 aliphatic heterocycles. The number of hydrogen-bond acceptors (Lipinski definition) is 0. The predicted molar refractivity (Wildman–Crippen MR) is 119 cm³/mol. The Morgan fingerprint density at radius 1 is 0.667 bits per heavy atom. The molecule has 2 fully saturated rings. The van der Waals surface area contributed by atoms with Gasteiger partial charge in [0.1, 0.15) is 0 Å². The van der Waals surface area contributed by atoms with Crippen molar-refractivity contribution in [3.8, 4) is 0 Å². The number of rotatable bonds is 9. The van der Waals surface area contributed by atoms with Crippen LogP contribution in [0.25, 0.3) is 0 Å². The van der Waals surface area contributed by atoms with Crippen LogP contribution in [0.4, 0.5) is 0 Å². The summed E-state index contributed by atoms with van der Waals surface area (Å²) in [5.74, 6) is 3.89. The van der Waals surface area contributed by atoms with E-state index in [9.17, 15) is 0 Å². The summed E-state index contributed by atoms with van der Waals surface area (Å²) in [6.45, 7) is 4.68. The number of aryl methyl sites for hydroxylation is 1. The minimum atomic E-state index is 0.838. The summed E-state index contributed by atoms with van der Waals surface area (Å²) in [7, 11) is 0. The highest BCUT2D eigenvalue weighted by atomic mass is 14.3. The maximum Gasteiger partial charge on any atom is -0.0162 e. The molecule has 0 N–H and O–H groups in total. The summed E-state index contributed by atoms with van der Waals surface area (Å²) in [5, 5.41) is 0. The lowest BCUT2D eigenvalue weighted by Gasteiger charge is -2.29. The van der Waals surface area contributed by atoms with E-state index in [2.05, 4.69) is 38.1 Å². The molecule has 0 aromatic heterocycles. The third kappa shape index (κ3) is 6.65. The van der Waals surface area contributed by atoms with E-state index in [0.717, 1.165) is 23.7 Å². The van der Waals surface area contributed by atoms with Gasteiger partial charge in [0, 0.05) is 0 Å². The Labute approximate surface area is 169 Å². The van der Waals surface area contributed by atoms with Gasteiger partial charge in [-0.3, -0.25) is 0 Å². The molecule has 0 radical (unpaired) electrons. The first-order chi connectivity index (χ1) is 13.3. The smallest absolute Gasteiger partial charge is 0.0162 e. The number of hydrogen-bond donors (Lipinski definition) is 0. The summed E-state index contributed by atoms with van der Waals surface area (Å²) in [5.41, 5.74) is 3.19. The molecule has 2 aliphatic carbocycles. The Morgan fingerprint density at radius 2 is 1.26 bits per heavy atom. The largest absolute Gasteiger partial charge is 0.0654 e. The molecule has 0 saturated heterocycles. The highest BCUT2D eigenvalue weighted by molar-refractivity contribution is 5.26. The Morgan fingerprint density at radius 3 is 1.85 bits per heavy atom. The van der Waals surface area contributed by atoms with Crippen LogP contribution in [0.2, 0.25) is 0 Å². The topological polar surface area (TPSA) is 0 Å². The van der Waals surface area contributed by atoms with E-state index in [1.165, 1.54) is 96.3 Å². The molecule has 27 heavy (non-hydrogen) atoms. The van der Waals surface area contributed by atoms with Gasteiger partial charge in [-0.05, 0) is 73.3 Å². The minimum Gasteiger partial charge on any atom is -0.0654 e. The van der Waals surface area contributed by atoms with Gasteiger partial charge in [-0.25, -0.2) is 0 Å². The molecule has 0 atom stereocenters. The van der Waals surface area contributed by atoms with Gasteiger partial charge in [-0.1, -0.05) is 95.9 Å². The maximum absolute atomic E-state index is 2.46. The lowest BCUT2D eigenvalue weighted by Crippen LogP contribution is -2.15. The Kier molecular flexibility index (Phi) is 8.75. The normalized spacial score (nSPS) is 29.0. The second-order valence-corrected chi connectivity index (χ2v) is 9.79. The zero-order valence-corrected chi connectivity index (χ0v) is 18.2. The second kappa shape index (κ2) is 11.3. The fraction of sp³-hybridized carbons (Fsp3) is 0.778. The molecule has 152 valence electrons. The SMILES string of the molecule is CCCCCC1CCC(CCc2ccc(C3CCC(CC)CC3)cc2)CC1. The molecular weight excluding hydrogens is 324 g/mol. The molecule has 3 rings (SSSR count). The van der Waals surface area contributed by atoms with E-state index in [-0.39, 0.29) is 0 Å². The molecule has 0 heterocycles. The highest BCUT2D eigenvalue weighted by Gasteiger charge is 2.22. The molecule has 1 aromatic rings. The Balaban J connectivity index is 1.36. The van der Waals surface area contributed by atoms with E-state index < -0.39 is 0 Å². The van der Waals surface area contributed by atoms with Crippen molar-refractivity contribution >= 4 is 0 Å². The van der Waals surface area contributed by atoms with Crippen molar-refractivity contribution in [3.63, 3.8) is 0 Å². The van der Waals surface area contributed by atoms with Gasteiger partial charge in [0.25, 0.3) is 0 Å². The van der Waals surface area contributed by atoms with Crippen molar-refractivity contribution < 1.29 is 0 Å². The average Bonchev–Trinajstić information content (AvgIpc) is 2.74. The summed E-state index contributed by atoms with van der Waals surface area (Å²) >= 11 is 0. The van der Waals surface area contributed by atoms with Crippen molar-refractivity contribution in [2.45, 2.75) is 116 Å². The van der Waals surface area contributed by atoms with Gasteiger partial charge in [0.05, 0.1) is 0 Å². The van der Waals surface area contributed by atoms with E-state index in [0.29, 0.717) is 0 Å². The van der Waals surface area contributed by atoms with E-state index in [4.69, 9.17) is 0 Å². The summed E-state index contributed by atoms with van der Waals surface area (Å²) < 4.78 is 0. The molecule has 0 heteroatoms. The Hall–Kier alpha value is -0.780. The molecule has 0 unspecified atom stereocenters. The molecule has 2 aliphatic rings. The molecule has 0 bridgehead atoms. The quantitative estimate of drug-likeness (QED) is 0.382. The zero-order valence-electron chi connectivity index (χ0n) is 18.2. The van der Waals surface area contributed by atoms with Crippen LogP contribution in [0.1, 0.15) is 121 Å². The average molecular weight is 369 g/mol. The predicted octanol–water partition coefficient (Wildman–Crippen LogP) is 8.69. The van der Waals surface area contributed by atoms with Crippen LogP contribution in [0.3, 0.4) is 0 Å². The zero-order chi connectivity index (χ0) is 18.9. The fourth-order valence-electron chi connectivity index (χ4n) is 5.72. The van der Waals surface area contributed by atoms with Crippen molar-refractivity contribution in [2.24, 2.45) is 17.8 Å². The molecule has 2 saturated carbocycles. The maximum atomic E-state index is 2.46. The van der Waals surface area contributed by atoms with E-state index in [1.54, 1.807) is 11.1 Å². The van der Waals surface area contributed by atoms with Gasteiger partial charge < -0.3 is 0 Å². The molecule has 1 aromatic carbocycles. The van der Waals surface area contributed by atoms with Gasteiger partial charge in [-0.15, -0.1) is 0 Å². The van der Waals surface area contributed by atoms with Crippen molar-refractivity contribution in [3.05, 3.63) is 35.4 Å². The summed E-state index contributed by atoms with van der Waals surface area (Å²) in [6.07, 6.45) is 21.6. The first-order valence-corrected chi connectivity index (χ1v) is 12.4. The lowest BCUT2D eigenvalue weighted by molar-refractivity contribution is 0.249. The fourth-order valence-corrected chi connectivity index (χ4v) is 5.72. The van der Waals surface area contributed by atoms with E-state index in [1.807, 2.05) is 0 Å². The summed E-state index contributed by atoms with van der Waals surface area (Å²) in [4.78, 5) is 0. The van der Waals surface area contributed by atoms with Crippen LogP contribution in [0.15, 0.2) is 24.3 Å².